The molecule has 0 aliphatic carbocycles. The zero-order valence-corrected chi connectivity index (χ0v) is 11.0. The van der Waals surface area contributed by atoms with Crippen molar-refractivity contribution < 1.29 is 13.2 Å². The standard InChI is InChI=1S/C12H18F3N3/c1-7(2)16-6-10-8(3)17-11(18-9(10)4)5-12(13,14)15/h7,16H,5-6H2,1-4H3. The minimum atomic E-state index is -4.27. The molecular weight excluding hydrogens is 243 g/mol. The van der Waals surface area contributed by atoms with Crippen LogP contribution in [-0.2, 0) is 13.0 Å². The smallest absolute Gasteiger partial charge is 0.310 e. The van der Waals surface area contributed by atoms with Crippen LogP contribution < -0.4 is 5.32 Å². The van der Waals surface area contributed by atoms with Gasteiger partial charge in [-0.05, 0) is 13.8 Å². The number of hydrogen-bond donors (Lipinski definition) is 1. The molecule has 3 nitrogen and oxygen atoms in total. The van der Waals surface area contributed by atoms with Gasteiger partial charge in [0.25, 0.3) is 0 Å². The first-order chi connectivity index (χ1) is 8.19. The topological polar surface area (TPSA) is 37.8 Å². The maximum Gasteiger partial charge on any atom is 0.396 e. The maximum absolute atomic E-state index is 12.3. The first kappa shape index (κ1) is 14.9. The van der Waals surface area contributed by atoms with Gasteiger partial charge < -0.3 is 5.32 Å². The molecule has 0 aliphatic heterocycles. The fourth-order valence-electron chi connectivity index (χ4n) is 1.63. The van der Waals surface area contributed by atoms with Gasteiger partial charge in [0, 0.05) is 29.5 Å². The first-order valence-corrected chi connectivity index (χ1v) is 5.82. The number of hydrogen-bond acceptors (Lipinski definition) is 3. The van der Waals surface area contributed by atoms with Gasteiger partial charge in [0.15, 0.2) is 0 Å². The number of rotatable bonds is 4. The van der Waals surface area contributed by atoms with Gasteiger partial charge in [-0.25, -0.2) is 9.97 Å². The molecule has 0 atom stereocenters. The summed E-state index contributed by atoms with van der Waals surface area (Å²) in [6.45, 7) is 8.01. The molecule has 102 valence electrons. The molecule has 0 unspecified atom stereocenters. The zero-order chi connectivity index (χ0) is 13.9. The lowest BCUT2D eigenvalue weighted by Gasteiger charge is -2.14. The molecule has 1 N–H and O–H groups in total. The molecule has 0 spiro atoms. The Kier molecular flexibility index (Phi) is 4.67. The van der Waals surface area contributed by atoms with Crippen LogP contribution in [0.2, 0.25) is 0 Å². The predicted octanol–water partition coefficient (Wildman–Crippen LogP) is 2.70. The molecule has 0 saturated carbocycles. The van der Waals surface area contributed by atoms with Gasteiger partial charge in [-0.2, -0.15) is 13.2 Å². The van der Waals surface area contributed by atoms with Crippen molar-refractivity contribution in [3.05, 3.63) is 22.8 Å². The lowest BCUT2D eigenvalue weighted by Crippen LogP contribution is -2.24. The average Bonchev–Trinajstić information content (AvgIpc) is 2.12. The molecular formula is C12H18F3N3. The predicted molar refractivity (Wildman–Crippen MR) is 63.2 cm³/mol. The van der Waals surface area contributed by atoms with E-state index in [0.717, 1.165) is 5.56 Å². The van der Waals surface area contributed by atoms with E-state index < -0.39 is 12.6 Å². The van der Waals surface area contributed by atoms with E-state index in [1.165, 1.54) is 0 Å². The molecule has 0 amide bonds. The summed E-state index contributed by atoms with van der Waals surface area (Å²) in [6.07, 6.45) is -5.34. The van der Waals surface area contributed by atoms with Crippen molar-refractivity contribution in [2.75, 3.05) is 0 Å². The highest BCUT2D eigenvalue weighted by Crippen LogP contribution is 2.20. The van der Waals surface area contributed by atoms with Gasteiger partial charge >= 0.3 is 6.18 Å². The van der Waals surface area contributed by atoms with Crippen LogP contribution in [0, 0.1) is 13.8 Å². The summed E-state index contributed by atoms with van der Waals surface area (Å²) >= 11 is 0. The van der Waals surface area contributed by atoms with Crippen LogP contribution in [-0.4, -0.2) is 22.2 Å². The van der Waals surface area contributed by atoms with Crippen molar-refractivity contribution in [3.8, 4) is 0 Å². The highest BCUT2D eigenvalue weighted by atomic mass is 19.4. The van der Waals surface area contributed by atoms with E-state index in [9.17, 15) is 13.2 Å². The fourth-order valence-corrected chi connectivity index (χ4v) is 1.63. The second-order valence-electron chi connectivity index (χ2n) is 4.62. The maximum atomic E-state index is 12.3. The third-order valence-corrected chi connectivity index (χ3v) is 2.51. The number of nitrogens with zero attached hydrogens (tertiary/aromatic N) is 2. The molecule has 0 bridgehead atoms. The van der Waals surface area contributed by atoms with Crippen LogP contribution >= 0.6 is 0 Å². The van der Waals surface area contributed by atoms with Gasteiger partial charge in [0.2, 0.25) is 0 Å². The Labute approximate surface area is 105 Å². The SMILES string of the molecule is Cc1nc(CC(F)(F)F)nc(C)c1CNC(C)C. The summed E-state index contributed by atoms with van der Waals surface area (Å²) in [6, 6.07) is 0.304. The number of alkyl halides is 3. The molecule has 1 rings (SSSR count). The number of halogens is 3. The summed E-state index contributed by atoms with van der Waals surface area (Å²) in [4.78, 5) is 7.85. The van der Waals surface area contributed by atoms with Gasteiger partial charge in [-0.3, -0.25) is 0 Å². The second-order valence-corrected chi connectivity index (χ2v) is 4.62. The minimum absolute atomic E-state index is 0.161. The van der Waals surface area contributed by atoms with Crippen molar-refractivity contribution in [1.82, 2.24) is 15.3 Å². The van der Waals surface area contributed by atoms with Crippen LogP contribution in [0.5, 0.6) is 0 Å². The molecule has 1 aromatic heterocycles. The minimum Gasteiger partial charge on any atom is -0.310 e. The van der Waals surface area contributed by atoms with Gasteiger partial charge in [-0.15, -0.1) is 0 Å². The van der Waals surface area contributed by atoms with Gasteiger partial charge in [0.1, 0.15) is 12.2 Å². The van der Waals surface area contributed by atoms with Crippen LogP contribution in [0.3, 0.4) is 0 Å². The largest absolute Gasteiger partial charge is 0.396 e. The molecule has 0 saturated heterocycles. The summed E-state index contributed by atoms with van der Waals surface area (Å²) in [5.74, 6) is -0.161. The Morgan fingerprint density at radius 3 is 2.00 bits per heavy atom. The van der Waals surface area contributed by atoms with Crippen molar-refractivity contribution in [1.29, 1.82) is 0 Å². The van der Waals surface area contributed by atoms with E-state index in [0.29, 0.717) is 24.0 Å². The van der Waals surface area contributed by atoms with Crippen LogP contribution in [0.15, 0.2) is 0 Å². The molecule has 0 fully saturated rings. The van der Waals surface area contributed by atoms with E-state index in [4.69, 9.17) is 0 Å². The Bertz CT molecular complexity index is 391. The van der Waals surface area contributed by atoms with Crippen molar-refractivity contribution in [2.24, 2.45) is 0 Å². The third kappa shape index (κ3) is 4.60. The summed E-state index contributed by atoms with van der Waals surface area (Å²) in [5.41, 5.74) is 2.08. The highest BCUT2D eigenvalue weighted by Gasteiger charge is 2.29. The molecule has 18 heavy (non-hydrogen) atoms. The van der Waals surface area contributed by atoms with Crippen molar-refractivity contribution >= 4 is 0 Å². The van der Waals surface area contributed by atoms with E-state index in [2.05, 4.69) is 15.3 Å². The Morgan fingerprint density at radius 1 is 1.11 bits per heavy atom. The lowest BCUT2D eigenvalue weighted by atomic mass is 10.1. The number of aromatic nitrogens is 2. The second kappa shape index (κ2) is 5.65. The van der Waals surface area contributed by atoms with E-state index in [1.54, 1.807) is 13.8 Å². The van der Waals surface area contributed by atoms with Gasteiger partial charge in [-0.1, -0.05) is 13.8 Å². The summed E-state index contributed by atoms with van der Waals surface area (Å²) in [7, 11) is 0. The normalized spacial score (nSPS) is 12.2. The monoisotopic (exact) mass is 261 g/mol. The molecule has 0 aliphatic rings. The van der Waals surface area contributed by atoms with E-state index in [-0.39, 0.29) is 5.82 Å². The van der Waals surface area contributed by atoms with Crippen LogP contribution in [0.25, 0.3) is 0 Å². The zero-order valence-electron chi connectivity index (χ0n) is 11.0. The number of aryl methyl sites for hydroxylation is 2. The Hall–Kier alpha value is -1.17. The van der Waals surface area contributed by atoms with Crippen molar-refractivity contribution in [3.63, 3.8) is 0 Å². The summed E-state index contributed by atoms with van der Waals surface area (Å²) in [5, 5.41) is 3.21. The highest BCUT2D eigenvalue weighted by molar-refractivity contribution is 5.24. The molecule has 0 radical (unpaired) electrons. The Morgan fingerprint density at radius 2 is 1.61 bits per heavy atom. The molecule has 6 heteroatoms. The van der Waals surface area contributed by atoms with Gasteiger partial charge in [0.05, 0.1) is 0 Å². The molecule has 1 aromatic rings. The summed E-state index contributed by atoms with van der Waals surface area (Å²) < 4.78 is 36.8. The van der Waals surface area contributed by atoms with E-state index >= 15 is 0 Å². The fraction of sp³-hybridized carbons (Fsp3) is 0.667. The Balaban J connectivity index is 2.90. The van der Waals surface area contributed by atoms with Crippen LogP contribution in [0.1, 0.15) is 36.6 Å². The third-order valence-electron chi connectivity index (χ3n) is 2.51. The number of nitrogens with one attached hydrogen (secondary N) is 1. The molecule has 0 aromatic carbocycles. The lowest BCUT2D eigenvalue weighted by molar-refractivity contribution is -0.128. The van der Waals surface area contributed by atoms with E-state index in [1.807, 2.05) is 13.8 Å². The quantitative estimate of drug-likeness (QED) is 0.905. The average molecular weight is 261 g/mol. The van der Waals surface area contributed by atoms with Crippen molar-refractivity contribution in [2.45, 2.75) is 52.9 Å². The van der Waals surface area contributed by atoms with Crippen LogP contribution in [0.4, 0.5) is 13.2 Å². The molecule has 1 heterocycles. The first-order valence-electron chi connectivity index (χ1n) is 5.82.